The molecule has 2 aromatic carbocycles. The van der Waals surface area contributed by atoms with Gasteiger partial charge in [0.1, 0.15) is 17.8 Å². The van der Waals surface area contributed by atoms with Gasteiger partial charge >= 0.3 is 0 Å². The number of hydrogen-bond acceptors (Lipinski definition) is 5. The Labute approximate surface area is 229 Å². The Bertz CT molecular complexity index is 1510. The standard InChI is InChI=1S/C29H35N5O4S/c1-20(2)17-24(32-29(36)26-18-21-9-4-6-12-25(21)33(26)3)28(35)31-23-11-8-15-34(16-14-23)39(37,38)27-13-7-5-10-22(27)19-30/h4-7,9-10,12-13,18,20,23-24H,8,11,14-17H2,1-3H3,(H,31,35)(H,32,36)/t23-,24?/m0/s1. The summed E-state index contributed by atoms with van der Waals surface area (Å²) in [5.41, 5.74) is 1.53. The van der Waals surface area contributed by atoms with Crippen LogP contribution in [0.15, 0.2) is 59.5 Å². The van der Waals surface area contributed by atoms with Crippen molar-refractivity contribution in [1.29, 1.82) is 5.26 Å². The minimum atomic E-state index is -3.84. The molecule has 0 bridgehead atoms. The van der Waals surface area contributed by atoms with Crippen LogP contribution in [-0.2, 0) is 21.9 Å². The van der Waals surface area contributed by atoms with Crippen LogP contribution in [0.1, 0.15) is 55.6 Å². The van der Waals surface area contributed by atoms with Crippen molar-refractivity contribution in [2.45, 2.75) is 56.5 Å². The lowest BCUT2D eigenvalue weighted by molar-refractivity contribution is -0.124. The fourth-order valence-corrected chi connectivity index (χ4v) is 6.76. The van der Waals surface area contributed by atoms with E-state index in [4.69, 9.17) is 0 Å². The normalized spacial score (nSPS) is 17.4. The molecule has 3 aromatic rings. The minimum Gasteiger partial charge on any atom is -0.352 e. The van der Waals surface area contributed by atoms with Gasteiger partial charge in [-0.15, -0.1) is 0 Å². The number of rotatable bonds is 8. The van der Waals surface area contributed by atoms with Gasteiger partial charge < -0.3 is 15.2 Å². The highest BCUT2D eigenvalue weighted by atomic mass is 32.2. The van der Waals surface area contributed by atoms with Crippen molar-refractivity contribution in [2.24, 2.45) is 13.0 Å². The molecule has 2 amide bonds. The first-order valence-corrected chi connectivity index (χ1v) is 14.7. The lowest BCUT2D eigenvalue weighted by Gasteiger charge is -2.24. The van der Waals surface area contributed by atoms with Gasteiger partial charge in [0.25, 0.3) is 5.91 Å². The van der Waals surface area contributed by atoms with Crippen LogP contribution in [0.25, 0.3) is 10.9 Å². The maximum absolute atomic E-state index is 13.4. The summed E-state index contributed by atoms with van der Waals surface area (Å²) in [6.07, 6.45) is 2.09. The summed E-state index contributed by atoms with van der Waals surface area (Å²) in [7, 11) is -2.01. The second kappa shape index (κ2) is 12.0. The quantitative estimate of drug-likeness (QED) is 0.445. The van der Waals surface area contributed by atoms with E-state index in [-0.39, 0.29) is 40.8 Å². The van der Waals surface area contributed by atoms with Crippen molar-refractivity contribution < 1.29 is 18.0 Å². The van der Waals surface area contributed by atoms with Gasteiger partial charge in [0.2, 0.25) is 15.9 Å². The second-order valence-electron chi connectivity index (χ2n) is 10.5. The molecule has 206 valence electrons. The first-order chi connectivity index (χ1) is 18.6. The zero-order valence-electron chi connectivity index (χ0n) is 22.6. The van der Waals surface area contributed by atoms with Gasteiger partial charge in [0.15, 0.2) is 0 Å². The van der Waals surface area contributed by atoms with E-state index in [1.807, 2.05) is 61.9 Å². The Balaban J connectivity index is 1.43. The first-order valence-electron chi connectivity index (χ1n) is 13.3. The van der Waals surface area contributed by atoms with Crippen molar-refractivity contribution in [3.63, 3.8) is 0 Å². The number of hydrogen-bond donors (Lipinski definition) is 2. The molecule has 0 saturated carbocycles. The molecule has 1 aromatic heterocycles. The number of nitrogens with one attached hydrogen (secondary N) is 2. The van der Waals surface area contributed by atoms with E-state index in [9.17, 15) is 23.3 Å². The Kier molecular flexibility index (Phi) is 8.73. The predicted molar refractivity (Wildman–Crippen MR) is 149 cm³/mol. The minimum absolute atomic E-state index is 0.00281. The van der Waals surface area contributed by atoms with Gasteiger partial charge in [0, 0.05) is 37.1 Å². The number of nitrogens with zero attached hydrogens (tertiary/aromatic N) is 3. The van der Waals surface area contributed by atoms with Crippen LogP contribution in [0, 0.1) is 17.2 Å². The summed E-state index contributed by atoms with van der Waals surface area (Å²) in [5.74, 6) is -0.417. The Morgan fingerprint density at radius 1 is 1.08 bits per heavy atom. The van der Waals surface area contributed by atoms with Crippen LogP contribution in [0.2, 0.25) is 0 Å². The molecule has 10 heteroatoms. The summed E-state index contributed by atoms with van der Waals surface area (Å²) >= 11 is 0. The maximum atomic E-state index is 13.4. The van der Waals surface area contributed by atoms with Gasteiger partial charge in [-0.05, 0) is 55.9 Å². The third-order valence-corrected chi connectivity index (χ3v) is 9.13. The lowest BCUT2D eigenvalue weighted by atomic mass is 10.0. The highest BCUT2D eigenvalue weighted by molar-refractivity contribution is 7.89. The molecule has 1 saturated heterocycles. The lowest BCUT2D eigenvalue weighted by Crippen LogP contribution is -2.50. The van der Waals surface area contributed by atoms with Crippen molar-refractivity contribution >= 4 is 32.7 Å². The van der Waals surface area contributed by atoms with Crippen molar-refractivity contribution in [1.82, 2.24) is 19.5 Å². The maximum Gasteiger partial charge on any atom is 0.268 e. The summed E-state index contributed by atoms with van der Waals surface area (Å²) in [6, 6.07) is 16.7. The Hall–Kier alpha value is -3.68. The van der Waals surface area contributed by atoms with Gasteiger partial charge in [-0.1, -0.05) is 44.2 Å². The Morgan fingerprint density at radius 2 is 1.79 bits per heavy atom. The van der Waals surface area contributed by atoms with E-state index >= 15 is 0 Å². The van der Waals surface area contributed by atoms with Crippen LogP contribution in [0.3, 0.4) is 0 Å². The number of para-hydroxylation sites is 1. The van der Waals surface area contributed by atoms with Crippen LogP contribution in [0.4, 0.5) is 0 Å². The third kappa shape index (κ3) is 6.32. The molecule has 0 radical (unpaired) electrons. The zero-order chi connectivity index (χ0) is 28.2. The topological polar surface area (TPSA) is 124 Å². The molecule has 2 atom stereocenters. The number of aromatic nitrogens is 1. The molecule has 0 spiro atoms. The van der Waals surface area contributed by atoms with Crippen LogP contribution in [0.5, 0.6) is 0 Å². The summed E-state index contributed by atoms with van der Waals surface area (Å²) in [4.78, 5) is 26.6. The SMILES string of the molecule is CC(C)CC(NC(=O)c1cc2ccccc2n1C)C(=O)N[C@H]1CCCN(S(=O)(=O)c2ccccc2C#N)CC1. The fraction of sp³-hybridized carbons (Fsp3) is 0.414. The molecule has 2 N–H and O–H groups in total. The number of amides is 2. The molecule has 1 unspecified atom stereocenters. The van der Waals surface area contributed by atoms with E-state index < -0.39 is 16.1 Å². The average molecular weight is 550 g/mol. The second-order valence-corrected chi connectivity index (χ2v) is 12.4. The molecule has 9 nitrogen and oxygen atoms in total. The summed E-state index contributed by atoms with van der Waals surface area (Å²) in [6.45, 7) is 4.53. The number of carbonyl (C=O) groups excluding carboxylic acids is 2. The molecule has 1 aliphatic rings. The molecule has 1 aliphatic heterocycles. The summed E-state index contributed by atoms with van der Waals surface area (Å²) in [5, 5.41) is 16.3. The smallest absolute Gasteiger partial charge is 0.268 e. The molecule has 39 heavy (non-hydrogen) atoms. The highest BCUT2D eigenvalue weighted by Crippen LogP contribution is 2.23. The van der Waals surface area contributed by atoms with Gasteiger partial charge in [-0.3, -0.25) is 9.59 Å². The monoisotopic (exact) mass is 549 g/mol. The van der Waals surface area contributed by atoms with Gasteiger partial charge in [0.05, 0.1) is 10.5 Å². The number of sulfonamides is 1. The average Bonchev–Trinajstić information content (AvgIpc) is 3.07. The largest absolute Gasteiger partial charge is 0.352 e. The zero-order valence-corrected chi connectivity index (χ0v) is 23.4. The van der Waals surface area contributed by atoms with Crippen LogP contribution >= 0.6 is 0 Å². The third-order valence-electron chi connectivity index (χ3n) is 7.17. The number of benzene rings is 2. The molecule has 1 fully saturated rings. The molecular weight excluding hydrogens is 514 g/mol. The van der Waals surface area contributed by atoms with E-state index in [0.29, 0.717) is 37.9 Å². The van der Waals surface area contributed by atoms with Gasteiger partial charge in [-0.2, -0.15) is 9.57 Å². The number of fused-ring (bicyclic) bond motifs is 1. The Morgan fingerprint density at radius 3 is 2.51 bits per heavy atom. The van der Waals surface area contributed by atoms with E-state index in [1.165, 1.54) is 16.4 Å². The van der Waals surface area contributed by atoms with E-state index in [2.05, 4.69) is 10.6 Å². The summed E-state index contributed by atoms with van der Waals surface area (Å²) < 4.78 is 29.7. The molecule has 2 heterocycles. The molecule has 4 rings (SSSR count). The van der Waals surface area contributed by atoms with Crippen molar-refractivity contribution in [3.8, 4) is 6.07 Å². The fourth-order valence-electron chi connectivity index (χ4n) is 5.12. The number of carbonyl (C=O) groups is 2. The predicted octanol–water partition coefficient (Wildman–Crippen LogP) is 3.55. The highest BCUT2D eigenvalue weighted by Gasteiger charge is 2.31. The van der Waals surface area contributed by atoms with Crippen molar-refractivity contribution in [2.75, 3.05) is 13.1 Å². The number of nitriles is 1. The van der Waals surface area contributed by atoms with E-state index in [1.54, 1.807) is 12.1 Å². The first kappa shape index (κ1) is 28.3. The molecular formula is C29H35N5O4S. The molecule has 0 aliphatic carbocycles. The van der Waals surface area contributed by atoms with E-state index in [0.717, 1.165) is 10.9 Å². The van der Waals surface area contributed by atoms with Crippen molar-refractivity contribution in [3.05, 3.63) is 65.9 Å². The van der Waals surface area contributed by atoms with Crippen LogP contribution in [-0.4, -0.2) is 54.3 Å². The van der Waals surface area contributed by atoms with Gasteiger partial charge in [-0.25, -0.2) is 8.42 Å². The van der Waals surface area contributed by atoms with Crippen LogP contribution < -0.4 is 10.6 Å². The number of aryl methyl sites for hydroxylation is 1.